The van der Waals surface area contributed by atoms with Crippen molar-refractivity contribution in [3.05, 3.63) is 64.7 Å². The van der Waals surface area contributed by atoms with Crippen LogP contribution >= 0.6 is 11.6 Å². The molecule has 2 unspecified atom stereocenters. The number of aliphatic hydroxyl groups is 2. The lowest BCUT2D eigenvalue weighted by molar-refractivity contribution is 0.0795. The van der Waals surface area contributed by atoms with Gasteiger partial charge in [0.2, 0.25) is 0 Å². The molecule has 4 nitrogen and oxygen atoms in total. The summed E-state index contributed by atoms with van der Waals surface area (Å²) in [6, 6.07) is 14.5. The predicted octanol–water partition coefficient (Wildman–Crippen LogP) is 3.05. The zero-order chi connectivity index (χ0) is 16.8. The Balaban J connectivity index is 2.06. The van der Waals surface area contributed by atoms with Crippen LogP contribution in [0.4, 0.5) is 0 Å². The fourth-order valence-corrected chi connectivity index (χ4v) is 2.64. The van der Waals surface area contributed by atoms with Gasteiger partial charge in [-0.25, -0.2) is 0 Å². The molecule has 0 amide bonds. The van der Waals surface area contributed by atoms with E-state index < -0.39 is 6.10 Å². The van der Waals surface area contributed by atoms with E-state index in [2.05, 4.69) is 0 Å². The maximum atomic E-state index is 10.4. The fourth-order valence-electron chi connectivity index (χ4n) is 2.52. The Bertz CT molecular complexity index is 601. The molecule has 0 spiro atoms. The van der Waals surface area contributed by atoms with Gasteiger partial charge in [0.05, 0.1) is 25.9 Å². The Morgan fingerprint density at radius 1 is 1.04 bits per heavy atom. The molecular weight excluding hydrogens is 314 g/mol. The summed E-state index contributed by atoms with van der Waals surface area (Å²) >= 11 is 5.86. The number of hydrogen-bond donors (Lipinski definition) is 2. The van der Waals surface area contributed by atoms with E-state index in [0.29, 0.717) is 11.6 Å². The van der Waals surface area contributed by atoms with Crippen LogP contribution in [0.3, 0.4) is 0 Å². The lowest BCUT2D eigenvalue weighted by Crippen LogP contribution is -2.31. The van der Waals surface area contributed by atoms with Crippen molar-refractivity contribution in [1.82, 2.24) is 4.90 Å². The van der Waals surface area contributed by atoms with Crippen LogP contribution in [0.5, 0.6) is 5.75 Å². The summed E-state index contributed by atoms with van der Waals surface area (Å²) in [6.45, 7) is 0.370. The summed E-state index contributed by atoms with van der Waals surface area (Å²) < 4.78 is 5.15. The Kier molecular flexibility index (Phi) is 6.42. The molecule has 124 valence electrons. The van der Waals surface area contributed by atoms with Crippen molar-refractivity contribution in [3.63, 3.8) is 0 Å². The molecule has 0 fully saturated rings. The molecule has 0 aliphatic carbocycles. The summed E-state index contributed by atoms with van der Waals surface area (Å²) in [4.78, 5) is 1.93. The molecular formula is C18H22ClNO3. The topological polar surface area (TPSA) is 52.9 Å². The van der Waals surface area contributed by atoms with E-state index in [1.54, 1.807) is 19.2 Å². The second kappa shape index (κ2) is 8.31. The van der Waals surface area contributed by atoms with Gasteiger partial charge in [-0.1, -0.05) is 35.9 Å². The Labute approximate surface area is 141 Å². The highest BCUT2D eigenvalue weighted by Crippen LogP contribution is 2.24. The summed E-state index contributed by atoms with van der Waals surface area (Å²) in [7, 11) is 3.50. The number of halogens is 1. The van der Waals surface area contributed by atoms with Crippen LogP contribution in [0.1, 0.15) is 23.3 Å². The second-order valence-corrected chi connectivity index (χ2v) is 5.91. The molecule has 2 aromatic carbocycles. The van der Waals surface area contributed by atoms with Gasteiger partial charge in [0.1, 0.15) is 5.75 Å². The Hall–Kier alpha value is -1.59. The fraction of sp³-hybridized carbons (Fsp3) is 0.333. The Morgan fingerprint density at radius 3 is 2.13 bits per heavy atom. The van der Waals surface area contributed by atoms with E-state index in [1.165, 1.54) is 0 Å². The maximum absolute atomic E-state index is 10.4. The van der Waals surface area contributed by atoms with Crippen molar-refractivity contribution in [1.29, 1.82) is 0 Å². The molecule has 5 heteroatoms. The van der Waals surface area contributed by atoms with Crippen LogP contribution in [0.15, 0.2) is 48.5 Å². The van der Waals surface area contributed by atoms with E-state index in [4.69, 9.17) is 16.3 Å². The number of benzene rings is 2. The Morgan fingerprint density at radius 2 is 1.61 bits per heavy atom. The molecule has 2 atom stereocenters. The smallest absolute Gasteiger partial charge is 0.118 e. The minimum absolute atomic E-state index is 0.0316. The van der Waals surface area contributed by atoms with E-state index in [-0.39, 0.29) is 12.6 Å². The van der Waals surface area contributed by atoms with Crippen molar-refractivity contribution < 1.29 is 14.9 Å². The van der Waals surface area contributed by atoms with Crippen molar-refractivity contribution >= 4 is 11.6 Å². The van der Waals surface area contributed by atoms with E-state index in [0.717, 1.165) is 16.9 Å². The van der Waals surface area contributed by atoms with Gasteiger partial charge in [0.25, 0.3) is 0 Å². The number of hydrogen-bond acceptors (Lipinski definition) is 4. The van der Waals surface area contributed by atoms with Crippen molar-refractivity contribution in [2.45, 2.75) is 12.1 Å². The molecule has 0 saturated carbocycles. The number of rotatable bonds is 7. The third-order valence-electron chi connectivity index (χ3n) is 3.92. The molecule has 0 aliphatic heterocycles. The third-order valence-corrected chi connectivity index (χ3v) is 4.17. The molecule has 0 bridgehead atoms. The summed E-state index contributed by atoms with van der Waals surface area (Å²) in [5.74, 6) is 0.772. The van der Waals surface area contributed by atoms with Crippen LogP contribution in [0.2, 0.25) is 5.02 Å². The van der Waals surface area contributed by atoms with Crippen LogP contribution in [-0.2, 0) is 0 Å². The predicted molar refractivity (Wildman–Crippen MR) is 91.9 cm³/mol. The van der Waals surface area contributed by atoms with E-state index in [1.807, 2.05) is 48.3 Å². The lowest BCUT2D eigenvalue weighted by Gasteiger charge is -2.29. The molecule has 0 aliphatic rings. The van der Waals surface area contributed by atoms with Gasteiger partial charge in [-0.05, 0) is 42.4 Å². The maximum Gasteiger partial charge on any atom is 0.118 e. The van der Waals surface area contributed by atoms with E-state index >= 15 is 0 Å². The van der Waals surface area contributed by atoms with Gasteiger partial charge in [-0.2, -0.15) is 0 Å². The number of aliphatic hydroxyl groups excluding tert-OH is 2. The first-order valence-electron chi connectivity index (χ1n) is 7.43. The minimum Gasteiger partial charge on any atom is -0.497 e. The van der Waals surface area contributed by atoms with Gasteiger partial charge in [0, 0.05) is 11.6 Å². The molecule has 0 radical (unpaired) electrons. The number of likely N-dealkylation sites (N-methyl/N-ethyl adjacent to an activating group) is 1. The highest BCUT2D eigenvalue weighted by atomic mass is 35.5. The van der Waals surface area contributed by atoms with Gasteiger partial charge in [0.15, 0.2) is 0 Å². The number of methoxy groups -OCH3 is 1. The van der Waals surface area contributed by atoms with Gasteiger partial charge in [-0.3, -0.25) is 4.90 Å². The summed E-state index contributed by atoms with van der Waals surface area (Å²) in [5.41, 5.74) is 1.77. The molecule has 2 rings (SSSR count). The van der Waals surface area contributed by atoms with Crippen molar-refractivity contribution in [2.24, 2.45) is 0 Å². The molecule has 0 aromatic heterocycles. The molecule has 23 heavy (non-hydrogen) atoms. The molecule has 0 saturated heterocycles. The average Bonchev–Trinajstić information content (AvgIpc) is 2.56. The average molecular weight is 336 g/mol. The highest BCUT2D eigenvalue weighted by Gasteiger charge is 2.19. The van der Waals surface area contributed by atoms with Crippen LogP contribution in [0, 0.1) is 0 Å². The number of nitrogens with zero attached hydrogens (tertiary/aromatic N) is 1. The SMILES string of the molecule is COc1ccc(C(CO)N(C)CC(O)c2ccc(Cl)cc2)cc1. The van der Waals surface area contributed by atoms with Crippen molar-refractivity contribution in [2.75, 3.05) is 27.3 Å². The van der Waals surface area contributed by atoms with Gasteiger partial charge >= 0.3 is 0 Å². The van der Waals surface area contributed by atoms with E-state index in [9.17, 15) is 10.2 Å². The molecule has 0 heterocycles. The van der Waals surface area contributed by atoms with Crippen LogP contribution in [0.25, 0.3) is 0 Å². The third kappa shape index (κ3) is 4.69. The standard InChI is InChI=1S/C18H22ClNO3/c1-20(11-18(22)14-3-7-15(19)8-4-14)17(12-21)13-5-9-16(23-2)10-6-13/h3-10,17-18,21-22H,11-12H2,1-2H3. The monoisotopic (exact) mass is 335 g/mol. The van der Waals surface area contributed by atoms with Gasteiger partial charge in [-0.15, -0.1) is 0 Å². The minimum atomic E-state index is -0.649. The number of ether oxygens (including phenoxy) is 1. The molecule has 2 aromatic rings. The lowest BCUT2D eigenvalue weighted by atomic mass is 10.0. The zero-order valence-corrected chi connectivity index (χ0v) is 14.1. The first-order chi connectivity index (χ1) is 11.0. The second-order valence-electron chi connectivity index (χ2n) is 5.48. The summed E-state index contributed by atoms with van der Waals surface area (Å²) in [6.07, 6.45) is -0.649. The first kappa shape index (κ1) is 17.8. The normalized spacial score (nSPS) is 13.8. The zero-order valence-electron chi connectivity index (χ0n) is 13.3. The molecule has 2 N–H and O–H groups in total. The first-order valence-corrected chi connectivity index (χ1v) is 7.81. The van der Waals surface area contributed by atoms with Crippen LogP contribution in [-0.4, -0.2) is 42.4 Å². The van der Waals surface area contributed by atoms with Crippen molar-refractivity contribution in [3.8, 4) is 5.75 Å². The van der Waals surface area contributed by atoms with Gasteiger partial charge < -0.3 is 14.9 Å². The summed E-state index contributed by atoms with van der Waals surface area (Å²) in [5, 5.41) is 20.7. The van der Waals surface area contributed by atoms with Crippen LogP contribution < -0.4 is 4.74 Å². The quantitative estimate of drug-likeness (QED) is 0.816. The largest absolute Gasteiger partial charge is 0.497 e. The highest BCUT2D eigenvalue weighted by molar-refractivity contribution is 6.30.